The summed E-state index contributed by atoms with van der Waals surface area (Å²) < 4.78 is 41.7. The van der Waals surface area contributed by atoms with Crippen LogP contribution in [0.25, 0.3) is 16.5 Å². The van der Waals surface area contributed by atoms with E-state index in [2.05, 4.69) is 15.4 Å². The van der Waals surface area contributed by atoms with Gasteiger partial charge in [0.15, 0.2) is 9.84 Å². The van der Waals surface area contributed by atoms with Gasteiger partial charge in [0.1, 0.15) is 17.3 Å². The van der Waals surface area contributed by atoms with Crippen LogP contribution in [0.5, 0.6) is 0 Å². The first kappa shape index (κ1) is 24.6. The lowest BCUT2D eigenvalue weighted by Crippen LogP contribution is -2.32. The molecule has 1 aliphatic heterocycles. The van der Waals surface area contributed by atoms with Crippen molar-refractivity contribution in [3.63, 3.8) is 0 Å². The quantitative estimate of drug-likeness (QED) is 0.426. The number of anilines is 1. The van der Waals surface area contributed by atoms with Crippen molar-refractivity contribution in [1.82, 2.24) is 14.7 Å². The smallest absolute Gasteiger partial charge is 0.274 e. The number of carbonyl (C=O) groups excluding carboxylic acids is 1. The van der Waals surface area contributed by atoms with Crippen LogP contribution in [0.2, 0.25) is 0 Å². The monoisotopic (exact) mass is 519 g/mol. The maximum atomic E-state index is 15.0. The van der Waals surface area contributed by atoms with Crippen LogP contribution in [0.3, 0.4) is 0 Å². The van der Waals surface area contributed by atoms with Gasteiger partial charge in [0.2, 0.25) is 0 Å². The number of rotatable bonds is 5. The number of sulfone groups is 1. The number of fused-ring (bicyclic) bond motifs is 1. The molecule has 37 heavy (non-hydrogen) atoms. The molecule has 3 aromatic carbocycles. The van der Waals surface area contributed by atoms with Gasteiger partial charge < -0.3 is 10.2 Å². The summed E-state index contributed by atoms with van der Waals surface area (Å²) in [5.74, 6) is -0.508. The molecule has 1 aromatic heterocycles. The molecule has 0 spiro atoms. The van der Waals surface area contributed by atoms with Crippen LogP contribution < -0.4 is 5.32 Å². The highest BCUT2D eigenvalue weighted by Crippen LogP contribution is 2.28. The lowest BCUT2D eigenvalue weighted by atomic mass is 10.1. The van der Waals surface area contributed by atoms with E-state index in [0.29, 0.717) is 23.6 Å². The SMILES string of the molecule is Cc1cc(C(=O)Nc2ccc(C3=NCCCN3C)cc2F)n(-c2cc3ccccc3cc2S(C)(=O)=O)n1. The number of amides is 1. The number of amidine groups is 1. The van der Waals surface area contributed by atoms with Gasteiger partial charge >= 0.3 is 0 Å². The number of aromatic nitrogens is 2. The highest BCUT2D eigenvalue weighted by molar-refractivity contribution is 7.90. The zero-order valence-electron chi connectivity index (χ0n) is 20.7. The molecule has 1 aliphatic rings. The van der Waals surface area contributed by atoms with Crippen LogP contribution >= 0.6 is 0 Å². The van der Waals surface area contributed by atoms with Gasteiger partial charge in [-0.05, 0) is 60.5 Å². The first-order valence-electron chi connectivity index (χ1n) is 11.8. The Morgan fingerprint density at radius 3 is 2.46 bits per heavy atom. The second kappa shape index (κ2) is 9.44. The first-order valence-corrected chi connectivity index (χ1v) is 13.7. The molecule has 0 unspecified atom stereocenters. The Kier molecular flexibility index (Phi) is 6.28. The van der Waals surface area contributed by atoms with Gasteiger partial charge in [0.05, 0.1) is 22.0 Å². The molecule has 1 amide bonds. The molecular weight excluding hydrogens is 493 g/mol. The third-order valence-corrected chi connectivity index (χ3v) is 7.40. The second-order valence-electron chi connectivity index (χ2n) is 9.15. The van der Waals surface area contributed by atoms with Crippen molar-refractivity contribution in [2.75, 3.05) is 31.7 Å². The van der Waals surface area contributed by atoms with E-state index in [9.17, 15) is 13.2 Å². The summed E-state index contributed by atoms with van der Waals surface area (Å²) in [6.07, 6.45) is 2.06. The molecule has 4 aromatic rings. The van der Waals surface area contributed by atoms with Gasteiger partial charge in [0, 0.05) is 32.0 Å². The molecule has 190 valence electrons. The number of nitrogens with one attached hydrogen (secondary N) is 1. The van der Waals surface area contributed by atoms with Gasteiger partial charge in [0.25, 0.3) is 5.91 Å². The number of benzene rings is 3. The first-order chi connectivity index (χ1) is 17.6. The van der Waals surface area contributed by atoms with Gasteiger partial charge in [-0.2, -0.15) is 5.10 Å². The predicted octanol–water partition coefficient (Wildman–Crippen LogP) is 4.21. The third-order valence-electron chi connectivity index (χ3n) is 6.27. The van der Waals surface area contributed by atoms with Crippen LogP contribution in [0.15, 0.2) is 70.6 Å². The van der Waals surface area contributed by atoms with Gasteiger partial charge in [-0.1, -0.05) is 24.3 Å². The van der Waals surface area contributed by atoms with Crippen LogP contribution in [-0.2, 0) is 9.84 Å². The molecule has 0 atom stereocenters. The highest BCUT2D eigenvalue weighted by atomic mass is 32.2. The lowest BCUT2D eigenvalue weighted by molar-refractivity contribution is 0.101. The van der Waals surface area contributed by atoms with Crippen molar-refractivity contribution in [3.05, 3.63) is 83.4 Å². The van der Waals surface area contributed by atoms with Crippen molar-refractivity contribution in [3.8, 4) is 5.69 Å². The van der Waals surface area contributed by atoms with E-state index in [0.717, 1.165) is 30.0 Å². The van der Waals surface area contributed by atoms with E-state index in [1.165, 1.54) is 22.9 Å². The maximum absolute atomic E-state index is 15.0. The summed E-state index contributed by atoms with van der Waals surface area (Å²) >= 11 is 0. The number of nitrogens with zero attached hydrogens (tertiary/aromatic N) is 4. The minimum absolute atomic E-state index is 0.0000588. The molecule has 0 fully saturated rings. The standard InChI is InChI=1S/C27H26FN5O3S/c1-17-13-24(27(34)30-22-10-9-20(14-21(22)28)26-29-11-6-12-32(26)2)33(31-17)23-15-18-7-4-5-8-19(18)16-25(23)37(3,35)36/h4-5,7-10,13-16H,6,11-12H2,1-3H3,(H,30,34). The molecule has 5 rings (SSSR count). The van der Waals surface area contributed by atoms with Crippen molar-refractivity contribution < 1.29 is 17.6 Å². The second-order valence-corrected chi connectivity index (χ2v) is 11.1. The number of aryl methyl sites for hydroxylation is 1. The Labute approximate surface area is 214 Å². The fourth-order valence-corrected chi connectivity index (χ4v) is 5.35. The van der Waals surface area contributed by atoms with Crippen molar-refractivity contribution >= 4 is 38.0 Å². The average Bonchev–Trinajstić information content (AvgIpc) is 3.26. The zero-order chi connectivity index (χ0) is 26.3. The maximum Gasteiger partial charge on any atom is 0.274 e. The van der Waals surface area contributed by atoms with Gasteiger partial charge in [-0.25, -0.2) is 17.5 Å². The molecule has 0 bridgehead atoms. The summed E-state index contributed by atoms with van der Waals surface area (Å²) in [6, 6.07) is 16.7. The topological polar surface area (TPSA) is 96.7 Å². The van der Waals surface area contributed by atoms with Crippen LogP contribution in [-0.4, -0.2) is 61.2 Å². The van der Waals surface area contributed by atoms with E-state index >= 15 is 4.39 Å². The highest BCUT2D eigenvalue weighted by Gasteiger charge is 2.23. The van der Waals surface area contributed by atoms with Crippen LogP contribution in [0, 0.1) is 12.7 Å². The largest absolute Gasteiger partial charge is 0.359 e. The van der Waals surface area contributed by atoms with Crippen LogP contribution in [0.1, 0.15) is 28.2 Å². The molecule has 0 aliphatic carbocycles. The normalized spacial score (nSPS) is 14.1. The van der Waals surface area contributed by atoms with E-state index < -0.39 is 21.6 Å². The molecule has 0 saturated heterocycles. The molecule has 2 heterocycles. The zero-order valence-corrected chi connectivity index (χ0v) is 21.5. The molecule has 10 heteroatoms. The predicted molar refractivity (Wildman–Crippen MR) is 142 cm³/mol. The number of aliphatic imine (C=N–C) groups is 1. The third kappa shape index (κ3) is 4.84. The van der Waals surface area contributed by atoms with Gasteiger partial charge in [-0.15, -0.1) is 0 Å². The lowest BCUT2D eigenvalue weighted by Gasteiger charge is -2.25. The summed E-state index contributed by atoms with van der Waals surface area (Å²) in [4.78, 5) is 19.8. The van der Waals surface area contributed by atoms with Crippen molar-refractivity contribution in [1.29, 1.82) is 0 Å². The summed E-state index contributed by atoms with van der Waals surface area (Å²) in [6.45, 7) is 3.23. The molecule has 8 nitrogen and oxygen atoms in total. The average molecular weight is 520 g/mol. The Bertz CT molecular complexity index is 1680. The molecule has 0 radical (unpaired) electrons. The summed E-state index contributed by atoms with van der Waals surface area (Å²) in [5, 5.41) is 8.56. The number of carbonyl (C=O) groups is 1. The van der Waals surface area contributed by atoms with E-state index in [4.69, 9.17) is 0 Å². The van der Waals surface area contributed by atoms with E-state index in [1.54, 1.807) is 25.1 Å². The summed E-state index contributed by atoms with van der Waals surface area (Å²) in [5.41, 5.74) is 1.46. The van der Waals surface area contributed by atoms with Crippen molar-refractivity contribution in [2.45, 2.75) is 18.2 Å². The Balaban J connectivity index is 1.53. The number of hydrogen-bond acceptors (Lipinski definition) is 6. The molecule has 0 saturated carbocycles. The minimum Gasteiger partial charge on any atom is -0.359 e. The van der Waals surface area contributed by atoms with E-state index in [1.807, 2.05) is 36.2 Å². The Morgan fingerprint density at radius 2 is 1.78 bits per heavy atom. The van der Waals surface area contributed by atoms with Crippen LogP contribution in [0.4, 0.5) is 10.1 Å². The summed E-state index contributed by atoms with van der Waals surface area (Å²) in [7, 11) is -1.75. The number of hydrogen-bond donors (Lipinski definition) is 1. The number of halogens is 1. The van der Waals surface area contributed by atoms with E-state index in [-0.39, 0.29) is 22.0 Å². The van der Waals surface area contributed by atoms with Crippen molar-refractivity contribution in [2.24, 2.45) is 4.99 Å². The van der Waals surface area contributed by atoms with Gasteiger partial charge in [-0.3, -0.25) is 9.79 Å². The Morgan fingerprint density at radius 1 is 1.05 bits per heavy atom. The molecular formula is C27H26FN5O3S. The molecule has 1 N–H and O–H groups in total. The fourth-order valence-electron chi connectivity index (χ4n) is 4.49. The minimum atomic E-state index is -3.66. The Hall–Kier alpha value is -4.05. The fraction of sp³-hybridized carbons (Fsp3) is 0.222.